The Morgan fingerprint density at radius 2 is 1.58 bits per heavy atom. The topological polar surface area (TPSA) is 138 Å². The molecular formula is C15H19N3O6. The fraction of sp³-hybridized carbons (Fsp3) is 0.400. The summed E-state index contributed by atoms with van der Waals surface area (Å²) in [7, 11) is 2.19. The molecule has 0 saturated heterocycles. The summed E-state index contributed by atoms with van der Waals surface area (Å²) in [5, 5.41) is 2.41. The molecule has 0 saturated carbocycles. The van der Waals surface area contributed by atoms with E-state index in [2.05, 4.69) is 19.8 Å². The number of nitrogens with two attached hydrogens (primary N) is 1. The number of ether oxygens (including phenoxy) is 2. The molecule has 9 heteroatoms. The second-order valence-electron chi connectivity index (χ2n) is 4.97. The Hall–Kier alpha value is -2.97. The predicted octanol–water partition coefficient (Wildman–Crippen LogP) is -0.736. The number of methoxy groups -OCH3 is 2. The predicted molar refractivity (Wildman–Crippen MR) is 81.4 cm³/mol. The summed E-state index contributed by atoms with van der Waals surface area (Å²) in [5.74, 6) is -5.66. The van der Waals surface area contributed by atoms with Crippen molar-refractivity contribution >= 4 is 23.8 Å². The minimum atomic E-state index is -1.41. The standard InChI is InChI=1S/C15H19N3O6/c1-8(10(14(21)23-2)15(22)24-3)11(12(16)19)18-13(20)9-4-6-17-7-5-9/h4-8,10-11H,1-3H3,(H2,16,19)(H,18,20)/t8-,11-/m1/s1. The molecule has 3 N–H and O–H groups in total. The summed E-state index contributed by atoms with van der Waals surface area (Å²) in [6.07, 6.45) is 2.81. The van der Waals surface area contributed by atoms with Crippen molar-refractivity contribution in [2.45, 2.75) is 13.0 Å². The molecule has 0 spiro atoms. The first-order chi connectivity index (χ1) is 11.3. The molecule has 0 bridgehead atoms. The van der Waals surface area contributed by atoms with E-state index < -0.39 is 41.6 Å². The Balaban J connectivity index is 3.04. The molecule has 2 amide bonds. The van der Waals surface area contributed by atoms with Crippen molar-refractivity contribution in [2.24, 2.45) is 17.6 Å². The van der Waals surface area contributed by atoms with E-state index in [9.17, 15) is 19.2 Å². The average molecular weight is 337 g/mol. The quantitative estimate of drug-likeness (QED) is 0.494. The van der Waals surface area contributed by atoms with Crippen LogP contribution >= 0.6 is 0 Å². The van der Waals surface area contributed by atoms with Crippen LogP contribution in [0.3, 0.4) is 0 Å². The highest BCUT2D eigenvalue weighted by atomic mass is 16.5. The molecule has 0 radical (unpaired) electrons. The van der Waals surface area contributed by atoms with Gasteiger partial charge in [0.2, 0.25) is 5.91 Å². The zero-order valence-electron chi connectivity index (χ0n) is 13.5. The van der Waals surface area contributed by atoms with E-state index in [1.807, 2.05) is 0 Å². The highest BCUT2D eigenvalue weighted by Crippen LogP contribution is 2.20. The van der Waals surface area contributed by atoms with Gasteiger partial charge in [-0.05, 0) is 12.1 Å². The van der Waals surface area contributed by atoms with E-state index in [-0.39, 0.29) is 5.56 Å². The van der Waals surface area contributed by atoms with Gasteiger partial charge >= 0.3 is 11.9 Å². The largest absolute Gasteiger partial charge is 0.468 e. The molecule has 0 aliphatic carbocycles. The van der Waals surface area contributed by atoms with Crippen LogP contribution in [0.5, 0.6) is 0 Å². The van der Waals surface area contributed by atoms with Gasteiger partial charge in [-0.15, -0.1) is 0 Å². The van der Waals surface area contributed by atoms with Crippen molar-refractivity contribution in [3.63, 3.8) is 0 Å². The van der Waals surface area contributed by atoms with Crippen molar-refractivity contribution in [3.05, 3.63) is 30.1 Å². The Labute approximate surface area is 138 Å². The minimum absolute atomic E-state index is 0.246. The maximum Gasteiger partial charge on any atom is 0.320 e. The zero-order valence-corrected chi connectivity index (χ0v) is 13.5. The van der Waals surface area contributed by atoms with Crippen LogP contribution in [0.1, 0.15) is 17.3 Å². The minimum Gasteiger partial charge on any atom is -0.468 e. The van der Waals surface area contributed by atoms with E-state index in [0.717, 1.165) is 14.2 Å². The molecule has 0 aliphatic rings. The average Bonchev–Trinajstić information content (AvgIpc) is 2.59. The molecule has 9 nitrogen and oxygen atoms in total. The molecule has 1 aromatic heterocycles. The number of hydrogen-bond donors (Lipinski definition) is 2. The highest BCUT2D eigenvalue weighted by Gasteiger charge is 2.41. The summed E-state index contributed by atoms with van der Waals surface area (Å²) < 4.78 is 9.13. The Kier molecular flexibility index (Phi) is 6.84. The van der Waals surface area contributed by atoms with Gasteiger partial charge in [0.1, 0.15) is 6.04 Å². The molecule has 1 aromatic rings. The SMILES string of the molecule is COC(=O)C(C(=O)OC)[C@@H](C)[C@@H](NC(=O)c1ccncc1)C(N)=O. The van der Waals surface area contributed by atoms with Crippen LogP contribution in [0, 0.1) is 11.8 Å². The van der Waals surface area contributed by atoms with Gasteiger partial charge < -0.3 is 20.5 Å². The Morgan fingerprint density at radius 1 is 1.08 bits per heavy atom. The number of carbonyl (C=O) groups excluding carboxylic acids is 4. The van der Waals surface area contributed by atoms with Crippen molar-refractivity contribution in [1.82, 2.24) is 10.3 Å². The maximum atomic E-state index is 12.2. The van der Waals surface area contributed by atoms with E-state index >= 15 is 0 Å². The van der Waals surface area contributed by atoms with Crippen LogP contribution in [0.2, 0.25) is 0 Å². The number of aromatic nitrogens is 1. The fourth-order valence-corrected chi connectivity index (χ4v) is 2.16. The van der Waals surface area contributed by atoms with E-state index in [4.69, 9.17) is 5.73 Å². The molecule has 0 fully saturated rings. The molecule has 0 aliphatic heterocycles. The second-order valence-corrected chi connectivity index (χ2v) is 4.97. The lowest BCUT2D eigenvalue weighted by molar-refractivity contribution is -0.161. The Bertz CT molecular complexity index is 603. The summed E-state index contributed by atoms with van der Waals surface area (Å²) >= 11 is 0. The van der Waals surface area contributed by atoms with Gasteiger partial charge in [0.05, 0.1) is 14.2 Å². The monoisotopic (exact) mass is 337 g/mol. The molecule has 0 aromatic carbocycles. The number of amides is 2. The normalized spacial score (nSPS) is 12.8. The third kappa shape index (κ3) is 4.51. The van der Waals surface area contributed by atoms with Gasteiger partial charge in [-0.2, -0.15) is 0 Å². The molecule has 1 heterocycles. The van der Waals surface area contributed by atoms with Crippen LogP contribution < -0.4 is 11.1 Å². The van der Waals surface area contributed by atoms with Crippen molar-refractivity contribution < 1.29 is 28.7 Å². The molecule has 2 atom stereocenters. The maximum absolute atomic E-state index is 12.2. The van der Waals surface area contributed by atoms with Crippen molar-refractivity contribution in [1.29, 1.82) is 0 Å². The van der Waals surface area contributed by atoms with Crippen LogP contribution in [-0.2, 0) is 23.9 Å². The smallest absolute Gasteiger partial charge is 0.320 e. The number of nitrogens with one attached hydrogen (secondary N) is 1. The second kappa shape index (κ2) is 8.61. The molecule has 130 valence electrons. The highest BCUT2D eigenvalue weighted by molar-refractivity contribution is 5.99. The molecular weight excluding hydrogens is 318 g/mol. The number of rotatable bonds is 7. The number of nitrogens with zero attached hydrogens (tertiary/aromatic N) is 1. The van der Waals surface area contributed by atoms with Crippen LogP contribution in [-0.4, -0.2) is 49.0 Å². The van der Waals surface area contributed by atoms with Gasteiger partial charge in [-0.25, -0.2) is 0 Å². The van der Waals surface area contributed by atoms with Gasteiger partial charge in [-0.1, -0.05) is 6.92 Å². The molecule has 0 unspecified atom stereocenters. The van der Waals surface area contributed by atoms with Gasteiger partial charge in [0.15, 0.2) is 5.92 Å². The number of hydrogen-bond acceptors (Lipinski definition) is 7. The van der Waals surface area contributed by atoms with E-state index in [1.165, 1.54) is 31.5 Å². The van der Waals surface area contributed by atoms with Crippen molar-refractivity contribution in [3.8, 4) is 0 Å². The lowest BCUT2D eigenvalue weighted by atomic mass is 9.86. The third-order valence-electron chi connectivity index (χ3n) is 3.50. The van der Waals surface area contributed by atoms with E-state index in [0.29, 0.717) is 0 Å². The first-order valence-electron chi connectivity index (χ1n) is 6.99. The van der Waals surface area contributed by atoms with Gasteiger partial charge in [0, 0.05) is 23.9 Å². The first kappa shape index (κ1) is 19.1. The molecule has 24 heavy (non-hydrogen) atoms. The van der Waals surface area contributed by atoms with Crippen molar-refractivity contribution in [2.75, 3.05) is 14.2 Å². The van der Waals surface area contributed by atoms with Gasteiger partial charge in [0.25, 0.3) is 5.91 Å². The number of carbonyl (C=O) groups is 4. The third-order valence-corrected chi connectivity index (χ3v) is 3.50. The van der Waals surface area contributed by atoms with Crippen LogP contribution in [0.15, 0.2) is 24.5 Å². The lowest BCUT2D eigenvalue weighted by Crippen LogP contribution is -2.52. The number of pyridine rings is 1. The van der Waals surface area contributed by atoms with E-state index in [1.54, 1.807) is 0 Å². The summed E-state index contributed by atoms with van der Waals surface area (Å²) in [6, 6.07) is 1.60. The van der Waals surface area contributed by atoms with Crippen LogP contribution in [0.4, 0.5) is 0 Å². The summed E-state index contributed by atoms with van der Waals surface area (Å²) in [5.41, 5.74) is 5.56. The number of primary amides is 1. The lowest BCUT2D eigenvalue weighted by Gasteiger charge is -2.26. The summed E-state index contributed by atoms with van der Waals surface area (Å²) in [6.45, 7) is 1.42. The first-order valence-corrected chi connectivity index (χ1v) is 6.99. The molecule has 1 rings (SSSR count). The number of esters is 2. The Morgan fingerprint density at radius 3 is 2.00 bits per heavy atom. The van der Waals surface area contributed by atoms with Gasteiger partial charge in [-0.3, -0.25) is 24.2 Å². The van der Waals surface area contributed by atoms with Crippen LogP contribution in [0.25, 0.3) is 0 Å². The summed E-state index contributed by atoms with van der Waals surface area (Å²) in [4.78, 5) is 51.4. The fourth-order valence-electron chi connectivity index (χ4n) is 2.16. The zero-order chi connectivity index (χ0) is 18.3.